The number of hydrogen-bond donors (Lipinski definition) is 2. The summed E-state index contributed by atoms with van der Waals surface area (Å²) in [5.41, 5.74) is 1.61. The number of rotatable bonds is 7. The Kier molecular flexibility index (Phi) is 8.72. The number of nitrogens with zero attached hydrogens (tertiary/aromatic N) is 3. The topological polar surface area (TPSA) is 85.0 Å². The molecule has 2 heterocycles. The molecule has 2 saturated heterocycles. The summed E-state index contributed by atoms with van der Waals surface area (Å²) in [6.45, 7) is 9.81. The van der Waals surface area contributed by atoms with E-state index in [0.29, 0.717) is 35.3 Å². The number of carbonyl (C=O) groups excluding carboxylic acids is 3. The van der Waals surface area contributed by atoms with Crippen LogP contribution in [0.3, 0.4) is 0 Å². The fourth-order valence-corrected chi connectivity index (χ4v) is 5.17. The van der Waals surface area contributed by atoms with Gasteiger partial charge in [-0.2, -0.15) is 0 Å². The van der Waals surface area contributed by atoms with Crippen LogP contribution in [0.25, 0.3) is 0 Å². The largest absolute Gasteiger partial charge is 0.341 e. The Morgan fingerprint density at radius 3 is 2.03 bits per heavy atom. The van der Waals surface area contributed by atoms with Crippen molar-refractivity contribution in [1.29, 1.82) is 0 Å². The first kappa shape index (κ1) is 25.9. The lowest BCUT2D eigenvalue weighted by Gasteiger charge is -2.38. The minimum atomic E-state index is -0.270. The molecule has 2 N–H and O–H groups in total. The second-order valence-electron chi connectivity index (χ2n) is 10.2. The van der Waals surface area contributed by atoms with Gasteiger partial charge < -0.3 is 15.5 Å². The van der Waals surface area contributed by atoms with E-state index in [-0.39, 0.29) is 24.3 Å². The summed E-state index contributed by atoms with van der Waals surface area (Å²) < 4.78 is 0. The van der Waals surface area contributed by atoms with Crippen LogP contribution < -0.4 is 10.6 Å². The van der Waals surface area contributed by atoms with E-state index in [4.69, 9.17) is 0 Å². The normalized spacial score (nSPS) is 21.1. The Balaban J connectivity index is 1.24. The summed E-state index contributed by atoms with van der Waals surface area (Å²) >= 11 is 0. The Morgan fingerprint density at radius 2 is 1.36 bits per heavy atom. The lowest BCUT2D eigenvalue weighted by Crippen LogP contribution is -2.52. The van der Waals surface area contributed by atoms with Crippen molar-refractivity contribution in [3.8, 4) is 0 Å². The molecule has 2 aliphatic heterocycles. The molecule has 8 heteroatoms. The Morgan fingerprint density at radius 1 is 0.778 bits per heavy atom. The van der Waals surface area contributed by atoms with Crippen LogP contribution in [-0.2, 0) is 9.59 Å². The van der Waals surface area contributed by atoms with Gasteiger partial charge in [0.05, 0.1) is 24.3 Å². The fraction of sp³-hybridized carbons (Fsp3) is 0.464. The van der Waals surface area contributed by atoms with Gasteiger partial charge in [-0.1, -0.05) is 44.2 Å². The number of carbonyl (C=O) groups is 3. The van der Waals surface area contributed by atoms with E-state index < -0.39 is 0 Å². The zero-order valence-corrected chi connectivity index (χ0v) is 21.3. The second-order valence-corrected chi connectivity index (χ2v) is 10.2. The maximum Gasteiger partial charge on any atom is 0.257 e. The molecular weight excluding hydrogens is 454 g/mol. The van der Waals surface area contributed by atoms with Crippen LogP contribution in [0.5, 0.6) is 0 Å². The number of amides is 3. The highest BCUT2D eigenvalue weighted by Gasteiger charge is 2.28. The van der Waals surface area contributed by atoms with Gasteiger partial charge >= 0.3 is 0 Å². The first-order valence-corrected chi connectivity index (χ1v) is 12.8. The van der Waals surface area contributed by atoms with Gasteiger partial charge in [-0.15, -0.1) is 0 Å². The molecule has 0 spiro atoms. The van der Waals surface area contributed by atoms with Crippen LogP contribution in [0.1, 0.15) is 30.6 Å². The smallest absolute Gasteiger partial charge is 0.257 e. The van der Waals surface area contributed by atoms with Gasteiger partial charge in [0.1, 0.15) is 0 Å². The first-order valence-electron chi connectivity index (χ1n) is 12.8. The van der Waals surface area contributed by atoms with Crippen LogP contribution in [0.4, 0.5) is 11.4 Å². The number of hydrogen-bond acceptors (Lipinski definition) is 5. The number of benzene rings is 2. The molecule has 0 radical (unpaired) electrons. The summed E-state index contributed by atoms with van der Waals surface area (Å²) in [6.07, 6.45) is 1.19. The minimum Gasteiger partial charge on any atom is -0.341 e. The number of nitrogens with one attached hydrogen (secondary N) is 2. The van der Waals surface area contributed by atoms with Crippen LogP contribution in [0.15, 0.2) is 54.6 Å². The van der Waals surface area contributed by atoms with Crippen molar-refractivity contribution in [2.75, 3.05) is 63.0 Å². The SMILES string of the molecule is CC1CC(C)CN(C(=O)CN2CCN(CC(=O)Nc3ccccc3C(=O)Nc3ccccc3)CC2)C1. The Hall–Kier alpha value is -3.23. The van der Waals surface area contributed by atoms with E-state index in [1.54, 1.807) is 24.3 Å². The Bertz CT molecular complexity index is 1040. The van der Waals surface area contributed by atoms with Gasteiger partial charge in [0.25, 0.3) is 5.91 Å². The summed E-state index contributed by atoms with van der Waals surface area (Å²) in [6, 6.07) is 16.3. The average molecular weight is 492 g/mol. The van der Waals surface area contributed by atoms with E-state index in [0.717, 1.165) is 39.3 Å². The van der Waals surface area contributed by atoms with Crippen molar-refractivity contribution in [3.05, 3.63) is 60.2 Å². The average Bonchev–Trinajstić information content (AvgIpc) is 2.85. The molecule has 0 saturated carbocycles. The van der Waals surface area contributed by atoms with Crippen molar-refractivity contribution in [2.45, 2.75) is 20.3 Å². The van der Waals surface area contributed by atoms with Crippen molar-refractivity contribution in [1.82, 2.24) is 14.7 Å². The standard InChI is InChI=1S/C28H37N5O3/c1-21-16-22(2)18-33(17-21)27(35)20-32-14-12-31(13-15-32)19-26(34)30-25-11-7-6-10-24(25)28(36)29-23-8-4-3-5-9-23/h3-11,21-22H,12-20H2,1-2H3,(H,29,36)(H,30,34). The van der Waals surface area contributed by atoms with Gasteiger partial charge in [-0.05, 0) is 42.5 Å². The maximum atomic E-state index is 12.8. The van der Waals surface area contributed by atoms with Crippen molar-refractivity contribution in [3.63, 3.8) is 0 Å². The number of para-hydroxylation sites is 2. The third kappa shape index (κ3) is 7.15. The summed E-state index contributed by atoms with van der Waals surface area (Å²) in [5, 5.41) is 5.77. The molecule has 2 unspecified atom stereocenters. The molecule has 0 bridgehead atoms. The highest BCUT2D eigenvalue weighted by molar-refractivity contribution is 6.10. The molecule has 2 aliphatic rings. The van der Waals surface area contributed by atoms with Gasteiger partial charge in [-0.3, -0.25) is 24.2 Å². The predicted octanol–water partition coefficient (Wildman–Crippen LogP) is 3.00. The van der Waals surface area contributed by atoms with E-state index in [9.17, 15) is 14.4 Å². The maximum absolute atomic E-state index is 12.8. The summed E-state index contributed by atoms with van der Waals surface area (Å²) in [7, 11) is 0. The highest BCUT2D eigenvalue weighted by Crippen LogP contribution is 2.21. The molecular formula is C28H37N5O3. The number of piperazine rings is 1. The van der Waals surface area contributed by atoms with Crippen LogP contribution in [0.2, 0.25) is 0 Å². The van der Waals surface area contributed by atoms with Crippen LogP contribution >= 0.6 is 0 Å². The van der Waals surface area contributed by atoms with Gasteiger partial charge in [0.2, 0.25) is 11.8 Å². The van der Waals surface area contributed by atoms with Gasteiger partial charge in [0.15, 0.2) is 0 Å². The molecule has 0 aliphatic carbocycles. The highest BCUT2D eigenvalue weighted by atomic mass is 16.2. The monoisotopic (exact) mass is 491 g/mol. The fourth-order valence-electron chi connectivity index (χ4n) is 5.17. The molecule has 2 aromatic carbocycles. The quantitative estimate of drug-likeness (QED) is 0.622. The van der Waals surface area contributed by atoms with Crippen LogP contribution in [-0.4, -0.2) is 84.8 Å². The van der Waals surface area contributed by atoms with Crippen molar-refractivity contribution >= 4 is 29.1 Å². The molecule has 4 rings (SSSR count). The number of likely N-dealkylation sites (tertiary alicyclic amines) is 1. The third-order valence-electron chi connectivity index (χ3n) is 6.89. The van der Waals surface area contributed by atoms with E-state index in [1.165, 1.54) is 6.42 Å². The lowest BCUT2D eigenvalue weighted by molar-refractivity contribution is -0.135. The van der Waals surface area contributed by atoms with Gasteiger partial charge in [-0.25, -0.2) is 0 Å². The molecule has 36 heavy (non-hydrogen) atoms. The number of anilines is 2. The first-order chi connectivity index (χ1) is 17.4. The molecule has 3 amide bonds. The van der Waals surface area contributed by atoms with Crippen molar-refractivity contribution < 1.29 is 14.4 Å². The molecule has 0 aromatic heterocycles. The van der Waals surface area contributed by atoms with Crippen molar-refractivity contribution in [2.24, 2.45) is 11.8 Å². The molecule has 2 atom stereocenters. The molecule has 192 valence electrons. The third-order valence-corrected chi connectivity index (χ3v) is 6.89. The zero-order chi connectivity index (χ0) is 25.5. The van der Waals surface area contributed by atoms with E-state index in [2.05, 4.69) is 34.3 Å². The summed E-state index contributed by atoms with van der Waals surface area (Å²) in [4.78, 5) is 44.6. The predicted molar refractivity (Wildman–Crippen MR) is 142 cm³/mol. The molecule has 2 fully saturated rings. The van der Waals surface area contributed by atoms with E-state index in [1.807, 2.05) is 35.2 Å². The Labute approximate surface area is 213 Å². The van der Waals surface area contributed by atoms with Crippen LogP contribution in [0, 0.1) is 11.8 Å². The zero-order valence-electron chi connectivity index (χ0n) is 21.3. The second kappa shape index (κ2) is 12.1. The van der Waals surface area contributed by atoms with Gasteiger partial charge in [0, 0.05) is 45.0 Å². The molecule has 8 nitrogen and oxygen atoms in total. The summed E-state index contributed by atoms with van der Waals surface area (Å²) in [5.74, 6) is 0.902. The lowest BCUT2D eigenvalue weighted by atomic mass is 9.92. The molecule has 2 aromatic rings. The van der Waals surface area contributed by atoms with E-state index >= 15 is 0 Å². The number of piperidine rings is 1. The minimum absolute atomic E-state index is 0.157.